The summed E-state index contributed by atoms with van der Waals surface area (Å²) in [5.74, 6) is -0.0859. The summed E-state index contributed by atoms with van der Waals surface area (Å²) in [5, 5.41) is 11.2. The molecule has 0 bridgehead atoms. The van der Waals surface area contributed by atoms with Gasteiger partial charge in [-0.2, -0.15) is 0 Å². The molecule has 0 radical (unpaired) electrons. The number of hydrogen-bond acceptors (Lipinski definition) is 5. The first-order valence-electron chi connectivity index (χ1n) is 7.95. The zero-order chi connectivity index (χ0) is 17.8. The number of non-ortho nitro benzene ring substituents is 1. The van der Waals surface area contributed by atoms with Crippen LogP contribution in [-0.4, -0.2) is 46.9 Å². The number of aromatic nitrogens is 1. The van der Waals surface area contributed by atoms with Crippen LogP contribution in [0.3, 0.4) is 0 Å². The Kier molecular flexibility index (Phi) is 5.14. The molecule has 0 saturated carbocycles. The molecule has 7 nitrogen and oxygen atoms in total. The largest absolute Gasteiger partial charge is 0.368 e. The number of nitro groups is 1. The van der Waals surface area contributed by atoms with Gasteiger partial charge in [-0.3, -0.25) is 19.9 Å². The maximum Gasteiger partial charge on any atom is 0.272 e. The molecular weight excluding hydrogens is 344 g/mol. The molecule has 3 rings (SSSR count). The van der Waals surface area contributed by atoms with E-state index in [0.29, 0.717) is 30.4 Å². The number of hydrogen-bond donors (Lipinski definition) is 0. The third-order valence-corrected chi connectivity index (χ3v) is 4.45. The highest BCUT2D eigenvalue weighted by molar-refractivity contribution is 6.33. The molecule has 1 aromatic heterocycles. The lowest BCUT2D eigenvalue weighted by molar-refractivity contribution is -0.384. The summed E-state index contributed by atoms with van der Waals surface area (Å²) in [7, 11) is 0. The molecule has 2 aromatic rings. The molecule has 1 fully saturated rings. The highest BCUT2D eigenvalue weighted by atomic mass is 35.5. The lowest BCUT2D eigenvalue weighted by Gasteiger charge is -2.24. The third kappa shape index (κ3) is 3.88. The second-order valence-electron chi connectivity index (χ2n) is 5.74. The van der Waals surface area contributed by atoms with Gasteiger partial charge in [0.15, 0.2) is 0 Å². The van der Waals surface area contributed by atoms with Gasteiger partial charge in [-0.15, -0.1) is 0 Å². The Bertz CT molecular complexity index is 785. The minimum absolute atomic E-state index is 0.0319. The quantitative estimate of drug-likeness (QED) is 0.621. The minimum atomic E-state index is -0.467. The Labute approximate surface area is 150 Å². The van der Waals surface area contributed by atoms with Crippen LogP contribution in [0.5, 0.6) is 0 Å². The maximum absolute atomic E-state index is 12.5. The number of rotatable bonds is 3. The van der Waals surface area contributed by atoms with E-state index in [1.54, 1.807) is 35.4 Å². The molecule has 0 N–H and O–H groups in total. The van der Waals surface area contributed by atoms with Gasteiger partial charge in [0.1, 0.15) is 5.69 Å². The number of carbonyl (C=O) groups excluding carboxylic acids is 1. The van der Waals surface area contributed by atoms with Gasteiger partial charge in [0.2, 0.25) is 0 Å². The Balaban J connectivity index is 1.72. The van der Waals surface area contributed by atoms with Crippen molar-refractivity contribution in [1.82, 2.24) is 9.88 Å². The molecule has 1 aliphatic rings. The van der Waals surface area contributed by atoms with Crippen molar-refractivity contribution in [2.45, 2.75) is 6.42 Å². The molecule has 1 aliphatic heterocycles. The third-order valence-electron chi connectivity index (χ3n) is 4.15. The van der Waals surface area contributed by atoms with E-state index in [1.165, 1.54) is 12.1 Å². The number of carbonyl (C=O) groups is 1. The van der Waals surface area contributed by atoms with E-state index in [1.807, 2.05) is 0 Å². The van der Waals surface area contributed by atoms with Gasteiger partial charge in [0, 0.05) is 44.5 Å². The highest BCUT2D eigenvalue weighted by Gasteiger charge is 2.22. The molecule has 0 aliphatic carbocycles. The van der Waals surface area contributed by atoms with Crippen molar-refractivity contribution in [2.75, 3.05) is 31.1 Å². The van der Waals surface area contributed by atoms with E-state index >= 15 is 0 Å². The molecule has 0 unspecified atom stereocenters. The normalized spacial score (nSPS) is 14.9. The number of nitrogens with zero attached hydrogens (tertiary/aromatic N) is 4. The maximum atomic E-state index is 12.5. The topological polar surface area (TPSA) is 79.6 Å². The van der Waals surface area contributed by atoms with Crippen molar-refractivity contribution in [3.05, 3.63) is 63.4 Å². The predicted octanol–water partition coefficient (Wildman–Crippen LogP) is 3.00. The molecule has 1 amide bonds. The summed E-state index contributed by atoms with van der Waals surface area (Å²) < 4.78 is 0. The summed E-state index contributed by atoms with van der Waals surface area (Å²) >= 11 is 6.22. The molecule has 0 spiro atoms. The van der Waals surface area contributed by atoms with Crippen molar-refractivity contribution in [3.63, 3.8) is 0 Å². The standard InChI is InChI=1S/C17H17ClN4O3/c18-14-12-13(22(24)25)5-6-16(14)20-8-3-9-21(11-10-20)17(23)15-4-1-2-7-19-15/h1-2,4-7,12H,3,8-11H2. The average Bonchev–Trinajstić information content (AvgIpc) is 2.87. The second-order valence-corrected chi connectivity index (χ2v) is 6.15. The summed E-state index contributed by atoms with van der Waals surface area (Å²) in [6, 6.07) is 9.74. The molecule has 1 saturated heterocycles. The van der Waals surface area contributed by atoms with Crippen molar-refractivity contribution < 1.29 is 9.72 Å². The van der Waals surface area contributed by atoms with E-state index in [0.717, 1.165) is 18.7 Å². The number of amides is 1. The van der Waals surface area contributed by atoms with E-state index in [2.05, 4.69) is 9.88 Å². The lowest BCUT2D eigenvalue weighted by atomic mass is 10.2. The van der Waals surface area contributed by atoms with E-state index in [-0.39, 0.29) is 11.6 Å². The number of anilines is 1. The van der Waals surface area contributed by atoms with Crippen LogP contribution >= 0.6 is 11.6 Å². The Morgan fingerprint density at radius 3 is 2.68 bits per heavy atom. The first kappa shape index (κ1) is 17.2. The SMILES string of the molecule is O=C(c1ccccn1)N1CCCN(c2ccc([N+](=O)[O-])cc2Cl)CC1. The van der Waals surface area contributed by atoms with Gasteiger partial charge in [-0.05, 0) is 24.6 Å². The van der Waals surface area contributed by atoms with Crippen LogP contribution in [0.4, 0.5) is 11.4 Å². The number of nitro benzene ring substituents is 1. The summed E-state index contributed by atoms with van der Waals surface area (Å²) in [6.07, 6.45) is 2.39. The molecule has 130 valence electrons. The van der Waals surface area contributed by atoms with Crippen LogP contribution in [-0.2, 0) is 0 Å². The molecular formula is C17H17ClN4O3. The summed E-state index contributed by atoms with van der Waals surface area (Å²) in [5.41, 5.74) is 1.15. The first-order chi connectivity index (χ1) is 12.1. The van der Waals surface area contributed by atoms with Crippen molar-refractivity contribution in [2.24, 2.45) is 0 Å². The number of benzene rings is 1. The Morgan fingerprint density at radius 2 is 2.00 bits per heavy atom. The summed E-state index contributed by atoms with van der Waals surface area (Å²) in [6.45, 7) is 2.51. The molecule has 0 atom stereocenters. The van der Waals surface area contributed by atoms with Crippen molar-refractivity contribution >= 4 is 28.9 Å². The van der Waals surface area contributed by atoms with Crippen LogP contribution < -0.4 is 4.90 Å². The smallest absolute Gasteiger partial charge is 0.272 e. The fourth-order valence-corrected chi connectivity index (χ4v) is 3.17. The number of pyridine rings is 1. The van der Waals surface area contributed by atoms with E-state index in [9.17, 15) is 14.9 Å². The van der Waals surface area contributed by atoms with Crippen molar-refractivity contribution in [1.29, 1.82) is 0 Å². The monoisotopic (exact) mass is 360 g/mol. The molecule has 25 heavy (non-hydrogen) atoms. The van der Waals surface area contributed by atoms with Gasteiger partial charge < -0.3 is 9.80 Å². The Morgan fingerprint density at radius 1 is 1.16 bits per heavy atom. The van der Waals surface area contributed by atoms with Crippen LogP contribution in [0, 0.1) is 10.1 Å². The van der Waals surface area contributed by atoms with Gasteiger partial charge in [-0.25, -0.2) is 0 Å². The van der Waals surface area contributed by atoms with Gasteiger partial charge in [-0.1, -0.05) is 17.7 Å². The van der Waals surface area contributed by atoms with Gasteiger partial charge in [0.25, 0.3) is 11.6 Å². The average molecular weight is 361 g/mol. The second kappa shape index (κ2) is 7.48. The fraction of sp³-hybridized carbons (Fsp3) is 0.294. The van der Waals surface area contributed by atoms with Crippen LogP contribution in [0.25, 0.3) is 0 Å². The van der Waals surface area contributed by atoms with Crippen LogP contribution in [0.1, 0.15) is 16.9 Å². The van der Waals surface area contributed by atoms with Gasteiger partial charge >= 0.3 is 0 Å². The lowest BCUT2D eigenvalue weighted by Crippen LogP contribution is -2.35. The predicted molar refractivity (Wildman–Crippen MR) is 95.1 cm³/mol. The van der Waals surface area contributed by atoms with Crippen LogP contribution in [0.15, 0.2) is 42.6 Å². The van der Waals surface area contributed by atoms with E-state index in [4.69, 9.17) is 11.6 Å². The fourth-order valence-electron chi connectivity index (χ4n) is 2.88. The van der Waals surface area contributed by atoms with Gasteiger partial charge in [0.05, 0.1) is 15.6 Å². The molecule has 1 aromatic carbocycles. The zero-order valence-corrected chi connectivity index (χ0v) is 14.2. The minimum Gasteiger partial charge on any atom is -0.368 e. The van der Waals surface area contributed by atoms with Crippen molar-refractivity contribution in [3.8, 4) is 0 Å². The van der Waals surface area contributed by atoms with Crippen LogP contribution in [0.2, 0.25) is 5.02 Å². The molecule has 8 heteroatoms. The zero-order valence-electron chi connectivity index (χ0n) is 13.5. The number of halogens is 1. The summed E-state index contributed by atoms with van der Waals surface area (Å²) in [4.78, 5) is 30.8. The van der Waals surface area contributed by atoms with E-state index < -0.39 is 4.92 Å². The molecule has 2 heterocycles. The first-order valence-corrected chi connectivity index (χ1v) is 8.33. The Hall–Kier alpha value is -2.67. The highest BCUT2D eigenvalue weighted by Crippen LogP contribution is 2.30.